The van der Waals surface area contributed by atoms with Crippen LogP contribution in [0.4, 0.5) is 4.39 Å². The van der Waals surface area contributed by atoms with Crippen molar-refractivity contribution in [1.82, 2.24) is 14.3 Å². The first-order chi connectivity index (χ1) is 12.7. The normalized spacial score (nSPS) is 12.9. The second-order valence-electron chi connectivity index (χ2n) is 7.32. The molecule has 0 radical (unpaired) electrons. The summed E-state index contributed by atoms with van der Waals surface area (Å²) < 4.78 is 23.9. The molecule has 3 aromatic rings. The monoisotopic (exact) mass is 475 g/mol. The van der Waals surface area contributed by atoms with E-state index in [2.05, 4.69) is 39.8 Å². The van der Waals surface area contributed by atoms with Gasteiger partial charge in [0.05, 0.1) is 16.6 Å². The molecule has 3 rings (SSSR count). The van der Waals surface area contributed by atoms with E-state index < -0.39 is 10.0 Å². The smallest absolute Gasteiger partial charge is 0.159 e. The highest BCUT2D eigenvalue weighted by atomic mass is 79.9. The van der Waals surface area contributed by atoms with E-state index in [1.165, 1.54) is 0 Å². The van der Waals surface area contributed by atoms with Gasteiger partial charge in [-0.15, -0.1) is 0 Å². The zero-order valence-corrected chi connectivity index (χ0v) is 19.1. The summed E-state index contributed by atoms with van der Waals surface area (Å²) in [6.07, 6.45) is 10.7. The molecule has 4 nitrogen and oxygen atoms in total. The minimum atomic E-state index is -0.575. The maximum atomic E-state index is 14.0. The first-order valence-corrected chi connectivity index (χ1v) is 12.8. The van der Waals surface area contributed by atoms with Gasteiger partial charge in [0.2, 0.25) is 0 Å². The molecule has 0 spiro atoms. The molecule has 148 valence electrons. The Morgan fingerprint density at radius 3 is 2.63 bits per heavy atom. The molecule has 0 aliphatic carbocycles. The van der Waals surface area contributed by atoms with Crippen molar-refractivity contribution < 1.29 is 9.13 Å². The largest absolute Gasteiger partial charge is 0.358 e. The van der Waals surface area contributed by atoms with Gasteiger partial charge < -0.3 is 9.30 Å². The molecule has 0 aliphatic rings. The summed E-state index contributed by atoms with van der Waals surface area (Å²) in [6, 6.07) is 3.34. The molecule has 2 heterocycles. The first-order valence-electron chi connectivity index (χ1n) is 8.64. The Labute approximate surface area is 174 Å². The van der Waals surface area contributed by atoms with E-state index in [1.54, 1.807) is 16.8 Å². The van der Waals surface area contributed by atoms with Gasteiger partial charge in [-0.1, -0.05) is 11.6 Å². The van der Waals surface area contributed by atoms with Crippen LogP contribution in [0, 0.1) is 5.82 Å². The molecular formula is C19H24BrClFN3OS. The Morgan fingerprint density at radius 2 is 1.96 bits per heavy atom. The predicted molar refractivity (Wildman–Crippen MR) is 118 cm³/mol. The average molecular weight is 477 g/mol. The van der Waals surface area contributed by atoms with E-state index >= 15 is 0 Å². The highest BCUT2D eigenvalue weighted by Crippen LogP contribution is 2.37. The Morgan fingerprint density at radius 1 is 1.22 bits per heavy atom. The number of benzene rings is 1. The number of halogens is 3. The molecule has 0 amide bonds. The molecule has 0 N–H and O–H groups in total. The molecule has 0 fully saturated rings. The summed E-state index contributed by atoms with van der Waals surface area (Å²) in [6.45, 7) is 3.83. The summed E-state index contributed by atoms with van der Waals surface area (Å²) in [5.41, 5.74) is 2.58. The van der Waals surface area contributed by atoms with E-state index in [4.69, 9.17) is 16.3 Å². The lowest BCUT2D eigenvalue weighted by Gasteiger charge is -2.24. The van der Waals surface area contributed by atoms with Gasteiger partial charge >= 0.3 is 0 Å². The number of hydrogen-bond donors (Lipinski definition) is 0. The third-order valence-corrected chi connectivity index (χ3v) is 6.61. The molecule has 1 aromatic carbocycles. The molecular weight excluding hydrogens is 453 g/mol. The van der Waals surface area contributed by atoms with Crippen LogP contribution < -0.4 is 0 Å². The Balaban J connectivity index is 1.89. The zero-order valence-electron chi connectivity index (χ0n) is 15.9. The molecule has 8 heteroatoms. The molecule has 0 atom stereocenters. The number of hydrogen-bond acceptors (Lipinski definition) is 2. The van der Waals surface area contributed by atoms with Crippen LogP contribution in [0.1, 0.15) is 6.92 Å². The molecule has 0 unspecified atom stereocenters. The Kier molecular flexibility index (Phi) is 6.25. The SMILES string of the molecule is CCn1cc(-c2cn(COCCS(C)(C)C)nc2Cl)c2cc(Br)c(F)cc21. The number of aryl methyl sites for hydroxylation is 1. The molecule has 0 aliphatic heterocycles. The van der Waals surface area contributed by atoms with Crippen molar-refractivity contribution >= 4 is 48.5 Å². The molecule has 0 saturated carbocycles. The van der Waals surface area contributed by atoms with E-state index in [1.807, 2.05) is 23.9 Å². The van der Waals surface area contributed by atoms with Crippen LogP contribution in [-0.4, -0.2) is 45.5 Å². The van der Waals surface area contributed by atoms with Crippen molar-refractivity contribution in [2.75, 3.05) is 31.1 Å². The quantitative estimate of drug-likeness (QED) is 0.407. The molecule has 27 heavy (non-hydrogen) atoms. The fourth-order valence-electron chi connectivity index (χ4n) is 2.87. The maximum absolute atomic E-state index is 14.0. The van der Waals surface area contributed by atoms with Gasteiger partial charge in [-0.3, -0.25) is 0 Å². The van der Waals surface area contributed by atoms with Gasteiger partial charge in [0.1, 0.15) is 12.5 Å². The zero-order chi connectivity index (χ0) is 19.8. The minimum absolute atomic E-state index is 0.280. The first kappa shape index (κ1) is 20.7. The molecule has 0 bridgehead atoms. The van der Waals surface area contributed by atoms with Crippen LogP contribution in [0.15, 0.2) is 29.0 Å². The lowest BCUT2D eigenvalue weighted by Crippen LogP contribution is -2.10. The van der Waals surface area contributed by atoms with Crippen molar-refractivity contribution in [2.45, 2.75) is 20.2 Å². The second kappa shape index (κ2) is 8.15. The fourth-order valence-corrected chi connectivity index (χ4v) is 4.08. The van der Waals surface area contributed by atoms with Crippen molar-refractivity contribution in [2.24, 2.45) is 0 Å². The predicted octanol–water partition coefficient (Wildman–Crippen LogP) is 5.75. The summed E-state index contributed by atoms with van der Waals surface area (Å²) in [5.74, 6) is 0.774. The number of fused-ring (bicyclic) bond motifs is 1. The summed E-state index contributed by atoms with van der Waals surface area (Å²) >= 11 is 9.69. The standard InChI is InChI=1S/C19H24BrClFN3OS/c1-5-24-10-14(13-8-16(20)17(22)9-18(13)24)15-11-25(23-19(15)21)12-26-6-7-27(2,3)4/h8-11H,5-7,12H2,1-4H3. The Hall–Kier alpha value is -1.02. The summed E-state index contributed by atoms with van der Waals surface area (Å²) in [5, 5.41) is 5.72. The van der Waals surface area contributed by atoms with Crippen LogP contribution in [0.2, 0.25) is 5.15 Å². The molecule has 2 aromatic heterocycles. The van der Waals surface area contributed by atoms with Crippen LogP contribution >= 0.6 is 37.6 Å². The van der Waals surface area contributed by atoms with Gasteiger partial charge in [0.25, 0.3) is 0 Å². The van der Waals surface area contributed by atoms with Gasteiger partial charge in [-0.2, -0.15) is 5.10 Å². The Bertz CT molecular complexity index is 964. The van der Waals surface area contributed by atoms with E-state index in [0.29, 0.717) is 23.0 Å². The number of aromatic nitrogens is 3. The van der Waals surface area contributed by atoms with Crippen molar-refractivity contribution in [3.63, 3.8) is 0 Å². The summed E-state index contributed by atoms with van der Waals surface area (Å²) in [7, 11) is -0.575. The molecule has 0 saturated heterocycles. The van der Waals surface area contributed by atoms with Gasteiger partial charge in [0.15, 0.2) is 5.15 Å². The fraction of sp³-hybridized carbons (Fsp3) is 0.421. The van der Waals surface area contributed by atoms with Crippen molar-refractivity contribution in [1.29, 1.82) is 0 Å². The topological polar surface area (TPSA) is 32.0 Å². The van der Waals surface area contributed by atoms with Crippen LogP contribution in [-0.2, 0) is 18.0 Å². The maximum Gasteiger partial charge on any atom is 0.159 e. The van der Waals surface area contributed by atoms with Gasteiger partial charge in [-0.05, 0) is 53.8 Å². The highest BCUT2D eigenvalue weighted by Gasteiger charge is 2.17. The average Bonchev–Trinajstić information content (AvgIpc) is 3.11. The number of rotatable bonds is 7. The second-order valence-corrected chi connectivity index (χ2v) is 13.1. The lowest BCUT2D eigenvalue weighted by atomic mass is 10.1. The van der Waals surface area contributed by atoms with Gasteiger partial charge in [-0.25, -0.2) is 19.1 Å². The van der Waals surface area contributed by atoms with Crippen molar-refractivity contribution in [3.8, 4) is 11.1 Å². The summed E-state index contributed by atoms with van der Waals surface area (Å²) in [4.78, 5) is 0. The van der Waals surface area contributed by atoms with E-state index in [9.17, 15) is 4.39 Å². The van der Waals surface area contributed by atoms with Crippen LogP contribution in [0.25, 0.3) is 22.0 Å². The van der Waals surface area contributed by atoms with Crippen LogP contribution in [0.5, 0.6) is 0 Å². The lowest BCUT2D eigenvalue weighted by molar-refractivity contribution is 0.0810. The minimum Gasteiger partial charge on any atom is -0.358 e. The third kappa shape index (κ3) is 4.70. The van der Waals surface area contributed by atoms with Crippen molar-refractivity contribution in [3.05, 3.63) is 40.0 Å². The number of nitrogens with zero attached hydrogens (tertiary/aromatic N) is 3. The highest BCUT2D eigenvalue weighted by molar-refractivity contribution is 9.10. The van der Waals surface area contributed by atoms with Crippen LogP contribution in [0.3, 0.4) is 0 Å². The third-order valence-electron chi connectivity index (χ3n) is 4.33. The van der Waals surface area contributed by atoms with E-state index in [-0.39, 0.29) is 5.82 Å². The van der Waals surface area contributed by atoms with Gasteiger partial charge in [0, 0.05) is 41.2 Å². The number of ether oxygens (including phenoxy) is 1. The van der Waals surface area contributed by atoms with E-state index in [0.717, 1.165) is 34.3 Å².